The minimum absolute atomic E-state index is 0.168. The van der Waals surface area contributed by atoms with Gasteiger partial charge in [0.1, 0.15) is 0 Å². The molecule has 0 aliphatic heterocycles. The molecule has 0 atom stereocenters. The van der Waals surface area contributed by atoms with E-state index in [1.807, 2.05) is 13.8 Å². The van der Waals surface area contributed by atoms with E-state index in [1.54, 1.807) is 60.5 Å². The van der Waals surface area contributed by atoms with Crippen LogP contribution in [0.3, 0.4) is 0 Å². The van der Waals surface area contributed by atoms with Crippen molar-refractivity contribution in [1.29, 1.82) is 0 Å². The van der Waals surface area contributed by atoms with E-state index in [0.29, 0.717) is 34.9 Å². The predicted octanol–water partition coefficient (Wildman–Crippen LogP) is 3.65. The molecule has 0 fully saturated rings. The van der Waals surface area contributed by atoms with Gasteiger partial charge < -0.3 is 16.0 Å². The van der Waals surface area contributed by atoms with E-state index < -0.39 is 0 Å². The Balaban J connectivity index is 2.20. The monoisotopic (exact) mass is 373 g/mol. The first-order valence-corrected chi connectivity index (χ1v) is 8.73. The summed E-state index contributed by atoms with van der Waals surface area (Å²) in [5, 5.41) is 3.36. The van der Waals surface area contributed by atoms with Crippen molar-refractivity contribution in [3.63, 3.8) is 0 Å². The molecule has 0 aromatic heterocycles. The Hall–Kier alpha value is -2.37. The highest BCUT2D eigenvalue weighted by Gasteiger charge is 2.23. The summed E-state index contributed by atoms with van der Waals surface area (Å²) in [7, 11) is 1.73. The maximum absolute atomic E-state index is 12.8. The van der Waals surface area contributed by atoms with E-state index in [1.165, 1.54) is 0 Å². The van der Waals surface area contributed by atoms with Crippen LogP contribution in [0.5, 0.6) is 0 Å². The highest BCUT2D eigenvalue weighted by atomic mass is 35.5. The lowest BCUT2D eigenvalue weighted by Gasteiger charge is -2.29. The highest BCUT2D eigenvalue weighted by Crippen LogP contribution is 2.21. The number of carbonyl (C=O) groups is 2. The SMILES string of the molecule is CN(CC(C)(C)CN)C(=O)c1ccccc1NC(=O)c1ccc(Cl)cc1. The number of amides is 2. The second-order valence-corrected chi connectivity index (χ2v) is 7.47. The van der Waals surface area contributed by atoms with Gasteiger partial charge in [-0.1, -0.05) is 37.6 Å². The molecule has 0 aliphatic carbocycles. The predicted molar refractivity (Wildman–Crippen MR) is 106 cm³/mol. The van der Waals surface area contributed by atoms with Crippen LogP contribution in [0.2, 0.25) is 5.02 Å². The van der Waals surface area contributed by atoms with Crippen LogP contribution in [0.15, 0.2) is 48.5 Å². The molecule has 0 saturated carbocycles. The van der Waals surface area contributed by atoms with Crippen molar-refractivity contribution >= 4 is 29.1 Å². The number of nitrogens with two attached hydrogens (primary N) is 1. The normalized spacial score (nSPS) is 11.1. The molecule has 0 unspecified atom stereocenters. The maximum Gasteiger partial charge on any atom is 0.255 e. The summed E-state index contributed by atoms with van der Waals surface area (Å²) in [5.41, 5.74) is 6.94. The highest BCUT2D eigenvalue weighted by molar-refractivity contribution is 6.30. The van der Waals surface area contributed by atoms with E-state index in [-0.39, 0.29) is 17.2 Å². The van der Waals surface area contributed by atoms with Crippen molar-refractivity contribution in [3.8, 4) is 0 Å². The average molecular weight is 374 g/mol. The number of para-hydroxylation sites is 1. The van der Waals surface area contributed by atoms with Gasteiger partial charge in [0, 0.05) is 24.2 Å². The minimum Gasteiger partial charge on any atom is -0.341 e. The fraction of sp³-hybridized carbons (Fsp3) is 0.300. The summed E-state index contributed by atoms with van der Waals surface area (Å²) in [6, 6.07) is 13.5. The number of nitrogens with zero attached hydrogens (tertiary/aromatic N) is 1. The quantitative estimate of drug-likeness (QED) is 0.811. The van der Waals surface area contributed by atoms with E-state index in [0.717, 1.165) is 0 Å². The molecular weight excluding hydrogens is 350 g/mol. The molecular formula is C20H24ClN3O2. The molecule has 0 radical (unpaired) electrons. The number of rotatable bonds is 6. The van der Waals surface area contributed by atoms with Gasteiger partial charge in [0.05, 0.1) is 11.3 Å². The van der Waals surface area contributed by atoms with Crippen molar-refractivity contribution < 1.29 is 9.59 Å². The molecule has 2 amide bonds. The van der Waals surface area contributed by atoms with Crippen LogP contribution >= 0.6 is 11.6 Å². The van der Waals surface area contributed by atoms with Crippen LogP contribution in [0.25, 0.3) is 0 Å². The summed E-state index contributed by atoms with van der Waals surface area (Å²) >= 11 is 5.85. The number of carbonyl (C=O) groups excluding carboxylic acids is 2. The molecule has 5 nitrogen and oxygen atoms in total. The molecule has 3 N–H and O–H groups in total. The van der Waals surface area contributed by atoms with Gasteiger partial charge in [0.2, 0.25) is 0 Å². The Bertz CT molecular complexity index is 788. The standard InChI is InChI=1S/C20H24ClN3O2/c1-20(2,12-22)13-24(3)19(26)16-6-4-5-7-17(16)23-18(25)14-8-10-15(21)11-9-14/h4-11H,12-13,22H2,1-3H3,(H,23,25). The molecule has 2 rings (SSSR count). The summed E-state index contributed by atoms with van der Waals surface area (Å²) in [4.78, 5) is 26.9. The summed E-state index contributed by atoms with van der Waals surface area (Å²) in [6.07, 6.45) is 0. The second kappa shape index (κ2) is 8.34. The zero-order valence-electron chi connectivity index (χ0n) is 15.3. The van der Waals surface area contributed by atoms with E-state index in [2.05, 4.69) is 5.32 Å². The van der Waals surface area contributed by atoms with Crippen molar-refractivity contribution in [2.24, 2.45) is 11.1 Å². The molecule has 6 heteroatoms. The Labute approximate surface area is 159 Å². The van der Waals surface area contributed by atoms with Gasteiger partial charge >= 0.3 is 0 Å². The van der Waals surface area contributed by atoms with Crippen LogP contribution in [-0.4, -0.2) is 36.9 Å². The van der Waals surface area contributed by atoms with Crippen LogP contribution in [0, 0.1) is 5.41 Å². The number of halogens is 1. The van der Waals surface area contributed by atoms with Gasteiger partial charge in [-0.25, -0.2) is 0 Å². The topological polar surface area (TPSA) is 75.4 Å². The van der Waals surface area contributed by atoms with Gasteiger partial charge in [-0.2, -0.15) is 0 Å². The first kappa shape index (κ1) is 19.9. The van der Waals surface area contributed by atoms with Gasteiger partial charge in [-0.15, -0.1) is 0 Å². The molecule has 0 spiro atoms. The van der Waals surface area contributed by atoms with Gasteiger partial charge in [-0.05, 0) is 48.4 Å². The van der Waals surface area contributed by atoms with Gasteiger partial charge in [0.15, 0.2) is 0 Å². The third-order valence-electron chi connectivity index (χ3n) is 4.08. The van der Waals surface area contributed by atoms with E-state index in [4.69, 9.17) is 17.3 Å². The summed E-state index contributed by atoms with van der Waals surface area (Å²) in [5.74, 6) is -0.467. The number of hydrogen-bond acceptors (Lipinski definition) is 3. The number of anilines is 1. The smallest absolute Gasteiger partial charge is 0.255 e. The minimum atomic E-state index is -0.299. The van der Waals surface area contributed by atoms with Crippen LogP contribution in [-0.2, 0) is 0 Å². The maximum atomic E-state index is 12.8. The molecule has 138 valence electrons. The van der Waals surface area contributed by atoms with Crippen molar-refractivity contribution in [2.75, 3.05) is 25.5 Å². The van der Waals surface area contributed by atoms with E-state index >= 15 is 0 Å². The van der Waals surface area contributed by atoms with Gasteiger partial charge in [0.25, 0.3) is 11.8 Å². The van der Waals surface area contributed by atoms with Crippen LogP contribution in [0.1, 0.15) is 34.6 Å². The molecule has 0 aliphatic rings. The molecule has 0 saturated heterocycles. The molecule has 2 aromatic carbocycles. The average Bonchev–Trinajstić information content (AvgIpc) is 2.61. The lowest BCUT2D eigenvalue weighted by molar-refractivity contribution is 0.0741. The zero-order valence-corrected chi connectivity index (χ0v) is 16.0. The Kier molecular flexibility index (Phi) is 6.40. The zero-order chi connectivity index (χ0) is 19.3. The number of nitrogens with one attached hydrogen (secondary N) is 1. The Morgan fingerprint density at radius 1 is 1.12 bits per heavy atom. The van der Waals surface area contributed by atoms with Crippen molar-refractivity contribution in [1.82, 2.24) is 4.90 Å². The third kappa shape index (κ3) is 5.07. The molecule has 0 heterocycles. The number of hydrogen-bond donors (Lipinski definition) is 2. The molecule has 0 bridgehead atoms. The number of benzene rings is 2. The first-order chi connectivity index (χ1) is 12.2. The van der Waals surface area contributed by atoms with E-state index in [9.17, 15) is 9.59 Å². The van der Waals surface area contributed by atoms with Crippen LogP contribution in [0.4, 0.5) is 5.69 Å². The summed E-state index contributed by atoms with van der Waals surface area (Å²) < 4.78 is 0. The second-order valence-electron chi connectivity index (χ2n) is 7.04. The molecule has 2 aromatic rings. The Morgan fingerprint density at radius 2 is 1.73 bits per heavy atom. The fourth-order valence-corrected chi connectivity index (χ4v) is 2.68. The lowest BCUT2D eigenvalue weighted by atomic mass is 9.93. The first-order valence-electron chi connectivity index (χ1n) is 8.35. The van der Waals surface area contributed by atoms with Crippen molar-refractivity contribution in [2.45, 2.75) is 13.8 Å². The van der Waals surface area contributed by atoms with Crippen LogP contribution < -0.4 is 11.1 Å². The lowest BCUT2D eigenvalue weighted by Crippen LogP contribution is -2.40. The Morgan fingerprint density at radius 3 is 2.35 bits per heavy atom. The fourth-order valence-electron chi connectivity index (χ4n) is 2.56. The van der Waals surface area contributed by atoms with Gasteiger partial charge in [-0.3, -0.25) is 9.59 Å². The largest absolute Gasteiger partial charge is 0.341 e. The summed E-state index contributed by atoms with van der Waals surface area (Å²) in [6.45, 7) is 5.00. The van der Waals surface area contributed by atoms with Crippen molar-refractivity contribution in [3.05, 3.63) is 64.7 Å². The third-order valence-corrected chi connectivity index (χ3v) is 4.33. The molecule has 26 heavy (non-hydrogen) atoms.